The molecule has 1 aromatic carbocycles. The van der Waals surface area contributed by atoms with Crippen LogP contribution in [0.4, 0.5) is 0 Å². The maximum Gasteiger partial charge on any atom is 0.269 e. The first-order valence-corrected chi connectivity index (χ1v) is 10.2. The lowest BCUT2D eigenvalue weighted by Crippen LogP contribution is -2.37. The molecule has 3 rings (SSSR count). The Morgan fingerprint density at radius 2 is 1.78 bits per heavy atom. The number of hydrogen-bond donors (Lipinski definition) is 2. The molecule has 1 aliphatic heterocycles. The third-order valence-corrected chi connectivity index (χ3v) is 6.28. The van der Waals surface area contributed by atoms with E-state index in [1.54, 1.807) is 36.7 Å². The van der Waals surface area contributed by atoms with Gasteiger partial charge in [0.25, 0.3) is 5.91 Å². The number of piperidine rings is 1. The van der Waals surface area contributed by atoms with Crippen LogP contribution >= 0.6 is 0 Å². The average molecular weight is 386 g/mol. The molecule has 0 saturated carbocycles. The van der Waals surface area contributed by atoms with E-state index in [0.29, 0.717) is 18.8 Å². The molecule has 0 atom stereocenters. The Morgan fingerprint density at radius 3 is 2.48 bits per heavy atom. The molecule has 8 heteroatoms. The fraction of sp³-hybridized carbons (Fsp3) is 0.263. The van der Waals surface area contributed by atoms with Gasteiger partial charge in [0.05, 0.1) is 10.6 Å². The summed E-state index contributed by atoms with van der Waals surface area (Å²) in [6.07, 6.45) is 6.03. The van der Waals surface area contributed by atoms with Gasteiger partial charge in [0.1, 0.15) is 0 Å². The highest BCUT2D eigenvalue weighted by Crippen LogP contribution is 2.21. The summed E-state index contributed by atoms with van der Waals surface area (Å²) >= 11 is 0. The van der Waals surface area contributed by atoms with Crippen molar-refractivity contribution in [3.63, 3.8) is 0 Å². The van der Waals surface area contributed by atoms with Gasteiger partial charge in [0.15, 0.2) is 0 Å². The number of nitrogens with one attached hydrogen (secondary N) is 2. The third-order valence-electron chi connectivity index (χ3n) is 4.39. The smallest absolute Gasteiger partial charge is 0.269 e. The van der Waals surface area contributed by atoms with E-state index in [9.17, 15) is 13.2 Å². The van der Waals surface area contributed by atoms with E-state index >= 15 is 0 Å². The normalized spacial score (nSPS) is 15.1. The zero-order chi connectivity index (χ0) is 19.3. The minimum Gasteiger partial charge on any atom is -0.298 e. The summed E-state index contributed by atoms with van der Waals surface area (Å²) in [5, 5.41) is 0. The first kappa shape index (κ1) is 19.1. The lowest BCUT2D eigenvalue weighted by Gasteiger charge is -2.26. The van der Waals surface area contributed by atoms with Crippen LogP contribution in [0.15, 0.2) is 60.3 Å². The van der Waals surface area contributed by atoms with Crippen LogP contribution < -0.4 is 10.9 Å². The zero-order valence-electron chi connectivity index (χ0n) is 14.9. The molecule has 1 fully saturated rings. The zero-order valence-corrected chi connectivity index (χ0v) is 15.7. The maximum atomic E-state index is 12.8. The summed E-state index contributed by atoms with van der Waals surface area (Å²) in [6, 6.07) is 9.62. The van der Waals surface area contributed by atoms with E-state index in [4.69, 9.17) is 0 Å². The molecule has 1 amide bonds. The summed E-state index contributed by atoms with van der Waals surface area (Å²) < 4.78 is 27.0. The van der Waals surface area contributed by atoms with Gasteiger partial charge in [0, 0.05) is 36.6 Å². The molecular formula is C19H22N4O3S. The summed E-state index contributed by atoms with van der Waals surface area (Å²) in [4.78, 5) is 16.5. The van der Waals surface area contributed by atoms with E-state index in [1.165, 1.54) is 16.4 Å². The van der Waals surface area contributed by atoms with Crippen molar-refractivity contribution in [2.24, 2.45) is 0 Å². The Morgan fingerprint density at radius 1 is 1.04 bits per heavy atom. The summed E-state index contributed by atoms with van der Waals surface area (Å²) in [6.45, 7) is 4.88. The van der Waals surface area contributed by atoms with Gasteiger partial charge in [-0.15, -0.1) is 0 Å². The highest BCUT2D eigenvalue weighted by atomic mass is 32.2. The van der Waals surface area contributed by atoms with Gasteiger partial charge >= 0.3 is 0 Å². The van der Waals surface area contributed by atoms with E-state index in [-0.39, 0.29) is 10.5 Å². The van der Waals surface area contributed by atoms with Crippen LogP contribution in [0.5, 0.6) is 0 Å². The molecule has 1 aromatic heterocycles. The van der Waals surface area contributed by atoms with Gasteiger partial charge in [0.2, 0.25) is 10.0 Å². The maximum absolute atomic E-state index is 12.8. The first-order valence-electron chi connectivity index (χ1n) is 8.74. The van der Waals surface area contributed by atoms with Crippen LogP contribution in [-0.2, 0) is 10.0 Å². The van der Waals surface area contributed by atoms with Crippen LogP contribution in [-0.4, -0.2) is 36.7 Å². The number of rotatable bonds is 6. The highest BCUT2D eigenvalue weighted by molar-refractivity contribution is 7.89. The Bertz CT molecular complexity index is 923. The quantitative estimate of drug-likeness (QED) is 0.743. The van der Waals surface area contributed by atoms with Gasteiger partial charge in [-0.2, -0.15) is 4.31 Å². The Hall–Kier alpha value is -2.71. The second-order valence-corrected chi connectivity index (χ2v) is 8.23. The number of carbonyl (C=O) groups excluding carboxylic acids is 1. The lowest BCUT2D eigenvalue weighted by molar-refractivity contribution is 0.0942. The van der Waals surface area contributed by atoms with Crippen LogP contribution in [0.3, 0.4) is 0 Å². The highest BCUT2D eigenvalue weighted by Gasteiger charge is 2.26. The molecule has 7 nitrogen and oxygen atoms in total. The van der Waals surface area contributed by atoms with E-state index in [0.717, 1.165) is 24.8 Å². The largest absolute Gasteiger partial charge is 0.298 e. The molecule has 27 heavy (non-hydrogen) atoms. The molecule has 0 aliphatic carbocycles. The van der Waals surface area contributed by atoms with Crippen molar-refractivity contribution in [3.05, 3.63) is 66.5 Å². The second kappa shape index (κ2) is 8.32. The molecule has 0 spiro atoms. The first-order chi connectivity index (χ1) is 13.0. The number of sulfonamides is 1. The fourth-order valence-corrected chi connectivity index (χ4v) is 4.43. The SMILES string of the molecule is C=C(NNC(=O)c1cccc(S(=O)(=O)N2CCCCC2)c1)c1cccnc1. The van der Waals surface area contributed by atoms with Crippen molar-refractivity contribution >= 4 is 21.6 Å². The second-order valence-electron chi connectivity index (χ2n) is 6.29. The van der Waals surface area contributed by atoms with Crippen molar-refractivity contribution in [2.45, 2.75) is 24.2 Å². The Balaban J connectivity index is 1.69. The number of carbonyl (C=O) groups is 1. The number of hydrazine groups is 1. The minimum absolute atomic E-state index is 0.128. The predicted molar refractivity (Wildman–Crippen MR) is 103 cm³/mol. The minimum atomic E-state index is -3.59. The average Bonchev–Trinajstić information content (AvgIpc) is 2.73. The molecule has 2 heterocycles. The molecule has 1 saturated heterocycles. The van der Waals surface area contributed by atoms with Crippen molar-refractivity contribution < 1.29 is 13.2 Å². The molecule has 2 N–H and O–H groups in total. The van der Waals surface area contributed by atoms with E-state index in [2.05, 4.69) is 22.4 Å². The summed E-state index contributed by atoms with van der Waals surface area (Å²) in [7, 11) is -3.59. The van der Waals surface area contributed by atoms with Crippen LogP contribution in [0, 0.1) is 0 Å². The molecule has 1 aliphatic rings. The monoisotopic (exact) mass is 386 g/mol. The number of amides is 1. The summed E-state index contributed by atoms with van der Waals surface area (Å²) in [5.41, 5.74) is 6.72. The number of aromatic nitrogens is 1. The molecule has 0 unspecified atom stereocenters. The van der Waals surface area contributed by atoms with Crippen LogP contribution in [0.2, 0.25) is 0 Å². The number of nitrogens with zero attached hydrogens (tertiary/aromatic N) is 2. The van der Waals surface area contributed by atoms with E-state index < -0.39 is 15.9 Å². The van der Waals surface area contributed by atoms with E-state index in [1.807, 2.05) is 0 Å². The number of pyridine rings is 1. The van der Waals surface area contributed by atoms with Gasteiger partial charge in [-0.1, -0.05) is 19.1 Å². The van der Waals surface area contributed by atoms with Gasteiger partial charge in [-0.3, -0.25) is 20.6 Å². The van der Waals surface area contributed by atoms with Crippen LogP contribution in [0.1, 0.15) is 35.2 Å². The molecule has 0 bridgehead atoms. The molecular weight excluding hydrogens is 364 g/mol. The van der Waals surface area contributed by atoms with Crippen LogP contribution in [0.25, 0.3) is 5.70 Å². The fourth-order valence-electron chi connectivity index (χ4n) is 2.87. The van der Waals surface area contributed by atoms with Crippen molar-refractivity contribution in [1.82, 2.24) is 20.1 Å². The Kier molecular flexibility index (Phi) is 5.88. The van der Waals surface area contributed by atoms with Gasteiger partial charge in [-0.25, -0.2) is 8.42 Å². The lowest BCUT2D eigenvalue weighted by atomic mass is 10.2. The molecule has 0 radical (unpaired) electrons. The standard InChI is InChI=1S/C19H22N4O3S/c1-15(17-8-6-10-20-14-17)21-22-19(24)16-7-5-9-18(13-16)27(25,26)23-11-3-2-4-12-23/h5-10,13-14,21H,1-4,11-12H2,(H,22,24). The predicted octanol–water partition coefficient (Wildman–Crippen LogP) is 2.16. The van der Waals surface area contributed by atoms with Crippen molar-refractivity contribution in [3.8, 4) is 0 Å². The summed E-state index contributed by atoms with van der Waals surface area (Å²) in [5.74, 6) is -0.448. The van der Waals surface area contributed by atoms with Crippen molar-refractivity contribution in [2.75, 3.05) is 13.1 Å². The topological polar surface area (TPSA) is 91.4 Å². The number of benzene rings is 1. The number of hydrogen-bond acceptors (Lipinski definition) is 5. The van der Waals surface area contributed by atoms with Gasteiger partial charge in [-0.05, 0) is 43.2 Å². The Labute approximate surface area is 159 Å². The van der Waals surface area contributed by atoms with Gasteiger partial charge < -0.3 is 0 Å². The van der Waals surface area contributed by atoms with Crippen molar-refractivity contribution in [1.29, 1.82) is 0 Å². The molecule has 142 valence electrons. The molecule has 2 aromatic rings. The third kappa shape index (κ3) is 4.53.